The van der Waals surface area contributed by atoms with Gasteiger partial charge in [-0.15, -0.1) is 0 Å². The van der Waals surface area contributed by atoms with Gasteiger partial charge in [-0.3, -0.25) is 4.90 Å². The molecule has 0 unspecified atom stereocenters. The van der Waals surface area contributed by atoms with Crippen molar-refractivity contribution in [1.29, 1.82) is 0 Å². The van der Waals surface area contributed by atoms with Gasteiger partial charge in [0, 0.05) is 26.2 Å². The maximum Gasteiger partial charge on any atom is 0.0928 e. The third-order valence-corrected chi connectivity index (χ3v) is 3.71. The summed E-state index contributed by atoms with van der Waals surface area (Å²) in [5, 5.41) is 0. The van der Waals surface area contributed by atoms with Gasteiger partial charge in [-0.2, -0.15) is 0 Å². The molecule has 82 valence electrons. The third-order valence-electron chi connectivity index (χ3n) is 3.21. The summed E-state index contributed by atoms with van der Waals surface area (Å²) in [6, 6.07) is 0. The minimum Gasteiger partial charge on any atom is -0.392 e. The van der Waals surface area contributed by atoms with Crippen LogP contribution in [-0.4, -0.2) is 53.1 Å². The molecule has 0 spiro atoms. The van der Waals surface area contributed by atoms with E-state index in [0.717, 1.165) is 32.7 Å². The number of likely N-dealkylation sites (N-methyl/N-ethyl adjacent to an activating group) is 1. The molecule has 14 heavy (non-hydrogen) atoms. The van der Waals surface area contributed by atoms with Crippen LogP contribution in [0.4, 0.5) is 0 Å². The second-order valence-electron chi connectivity index (χ2n) is 4.34. The average Bonchev–Trinajstić information content (AvgIpc) is 2.17. The Balaban J connectivity index is 2.53. The smallest absolute Gasteiger partial charge is 0.0928 e. The predicted octanol–water partition coefficient (Wildman–Crippen LogP) is 0.689. The van der Waals surface area contributed by atoms with Crippen LogP contribution in [-0.2, 0) is 0 Å². The van der Waals surface area contributed by atoms with Crippen LogP contribution >= 0.6 is 12.2 Å². The van der Waals surface area contributed by atoms with Gasteiger partial charge < -0.3 is 10.6 Å². The van der Waals surface area contributed by atoms with Gasteiger partial charge >= 0.3 is 0 Å². The Labute approximate surface area is 92.2 Å². The fraction of sp³-hybridized carbons (Fsp3) is 0.900. The molecule has 3 nitrogen and oxygen atoms in total. The van der Waals surface area contributed by atoms with Gasteiger partial charge in [-0.05, 0) is 20.4 Å². The Morgan fingerprint density at radius 2 is 1.79 bits per heavy atom. The number of hydrogen-bond donors (Lipinski definition) is 1. The first-order valence-corrected chi connectivity index (χ1v) is 5.66. The molecular formula is C10H21N3S. The van der Waals surface area contributed by atoms with E-state index in [1.807, 2.05) is 0 Å². The van der Waals surface area contributed by atoms with Gasteiger partial charge in [0.25, 0.3) is 0 Å². The van der Waals surface area contributed by atoms with Crippen molar-refractivity contribution in [2.45, 2.75) is 26.3 Å². The van der Waals surface area contributed by atoms with Crippen LogP contribution in [0.5, 0.6) is 0 Å². The summed E-state index contributed by atoms with van der Waals surface area (Å²) in [6.07, 6.45) is 0. The fourth-order valence-corrected chi connectivity index (χ4v) is 1.91. The Kier molecular flexibility index (Phi) is 3.86. The second-order valence-corrected chi connectivity index (χ2v) is 4.78. The molecule has 0 atom stereocenters. The molecule has 0 radical (unpaired) electrons. The number of piperazine rings is 1. The van der Waals surface area contributed by atoms with Gasteiger partial charge in [0.2, 0.25) is 0 Å². The maximum atomic E-state index is 5.74. The molecule has 1 aliphatic heterocycles. The lowest BCUT2D eigenvalue weighted by Crippen LogP contribution is -2.59. The van der Waals surface area contributed by atoms with Crippen LogP contribution in [0.3, 0.4) is 0 Å². The zero-order valence-corrected chi connectivity index (χ0v) is 10.2. The first-order valence-electron chi connectivity index (χ1n) is 5.25. The van der Waals surface area contributed by atoms with Crippen molar-refractivity contribution in [2.75, 3.05) is 32.7 Å². The molecule has 0 amide bonds. The summed E-state index contributed by atoms with van der Waals surface area (Å²) in [7, 11) is 0. The lowest BCUT2D eigenvalue weighted by Gasteiger charge is -2.43. The highest BCUT2D eigenvalue weighted by Gasteiger charge is 2.31. The SMILES string of the molecule is CCN1CCN(C(C)(C)C(N)=S)CC1. The van der Waals surface area contributed by atoms with E-state index >= 15 is 0 Å². The van der Waals surface area contributed by atoms with E-state index in [1.165, 1.54) is 0 Å². The third kappa shape index (κ3) is 2.43. The van der Waals surface area contributed by atoms with Gasteiger partial charge in [-0.25, -0.2) is 0 Å². The first-order chi connectivity index (χ1) is 6.48. The Hall–Kier alpha value is -0.190. The molecule has 0 aromatic carbocycles. The summed E-state index contributed by atoms with van der Waals surface area (Å²) in [6.45, 7) is 11.9. The van der Waals surface area contributed by atoms with Crippen molar-refractivity contribution < 1.29 is 0 Å². The zero-order chi connectivity index (χ0) is 10.8. The highest BCUT2D eigenvalue weighted by molar-refractivity contribution is 7.80. The molecule has 0 aromatic heterocycles. The van der Waals surface area contributed by atoms with Crippen molar-refractivity contribution in [2.24, 2.45) is 5.73 Å². The average molecular weight is 215 g/mol. The van der Waals surface area contributed by atoms with Crippen molar-refractivity contribution in [3.8, 4) is 0 Å². The van der Waals surface area contributed by atoms with E-state index in [1.54, 1.807) is 0 Å². The normalized spacial score (nSPS) is 21.1. The van der Waals surface area contributed by atoms with Crippen molar-refractivity contribution >= 4 is 17.2 Å². The van der Waals surface area contributed by atoms with E-state index < -0.39 is 0 Å². The van der Waals surface area contributed by atoms with E-state index in [0.29, 0.717) is 4.99 Å². The summed E-state index contributed by atoms with van der Waals surface area (Å²) >= 11 is 5.09. The quantitative estimate of drug-likeness (QED) is 0.702. The van der Waals surface area contributed by atoms with Crippen molar-refractivity contribution in [1.82, 2.24) is 9.80 Å². The molecule has 0 aromatic rings. The fourth-order valence-electron chi connectivity index (χ4n) is 1.78. The molecule has 1 rings (SSSR count). The molecule has 0 bridgehead atoms. The summed E-state index contributed by atoms with van der Waals surface area (Å²) < 4.78 is 0. The van der Waals surface area contributed by atoms with Crippen molar-refractivity contribution in [3.05, 3.63) is 0 Å². The molecule has 1 saturated heterocycles. The monoisotopic (exact) mass is 215 g/mol. The number of nitrogens with two attached hydrogens (primary N) is 1. The molecule has 1 aliphatic rings. The van der Waals surface area contributed by atoms with Gasteiger partial charge in [-0.1, -0.05) is 19.1 Å². The standard InChI is InChI=1S/C10H21N3S/c1-4-12-5-7-13(8-6-12)10(2,3)9(11)14/h4-8H2,1-3H3,(H2,11,14). The number of rotatable bonds is 3. The lowest BCUT2D eigenvalue weighted by molar-refractivity contribution is 0.0891. The molecule has 0 saturated carbocycles. The molecule has 4 heteroatoms. The van der Waals surface area contributed by atoms with E-state index in [2.05, 4.69) is 30.6 Å². The Bertz CT molecular complexity index is 207. The zero-order valence-electron chi connectivity index (χ0n) is 9.42. The van der Waals surface area contributed by atoms with E-state index in [4.69, 9.17) is 18.0 Å². The highest BCUT2D eigenvalue weighted by atomic mass is 32.1. The van der Waals surface area contributed by atoms with Crippen LogP contribution in [0.1, 0.15) is 20.8 Å². The minimum absolute atomic E-state index is 0.130. The molecule has 2 N–H and O–H groups in total. The number of nitrogens with zero attached hydrogens (tertiary/aromatic N) is 2. The van der Waals surface area contributed by atoms with Gasteiger partial charge in [0.05, 0.1) is 10.5 Å². The molecule has 1 heterocycles. The summed E-state index contributed by atoms with van der Waals surface area (Å²) in [5.74, 6) is 0. The van der Waals surface area contributed by atoms with Crippen LogP contribution in [0.25, 0.3) is 0 Å². The number of hydrogen-bond acceptors (Lipinski definition) is 3. The van der Waals surface area contributed by atoms with Crippen LogP contribution in [0.2, 0.25) is 0 Å². The predicted molar refractivity (Wildman–Crippen MR) is 64.6 cm³/mol. The van der Waals surface area contributed by atoms with E-state index in [-0.39, 0.29) is 5.54 Å². The first kappa shape index (κ1) is 11.9. The number of thiocarbonyl (C=S) groups is 1. The largest absolute Gasteiger partial charge is 0.392 e. The van der Waals surface area contributed by atoms with Crippen LogP contribution in [0.15, 0.2) is 0 Å². The maximum absolute atomic E-state index is 5.74. The topological polar surface area (TPSA) is 32.5 Å². The van der Waals surface area contributed by atoms with Gasteiger partial charge in [0.15, 0.2) is 0 Å². The lowest BCUT2D eigenvalue weighted by atomic mass is 10.0. The van der Waals surface area contributed by atoms with E-state index in [9.17, 15) is 0 Å². The molecular weight excluding hydrogens is 194 g/mol. The Morgan fingerprint density at radius 1 is 1.29 bits per heavy atom. The van der Waals surface area contributed by atoms with Crippen molar-refractivity contribution in [3.63, 3.8) is 0 Å². The molecule has 0 aliphatic carbocycles. The highest BCUT2D eigenvalue weighted by Crippen LogP contribution is 2.17. The summed E-state index contributed by atoms with van der Waals surface area (Å²) in [5.41, 5.74) is 5.61. The van der Waals surface area contributed by atoms with Crippen LogP contribution in [0, 0.1) is 0 Å². The van der Waals surface area contributed by atoms with Crippen LogP contribution < -0.4 is 5.73 Å². The molecule has 1 fully saturated rings. The summed E-state index contributed by atoms with van der Waals surface area (Å²) in [4.78, 5) is 5.43. The second kappa shape index (κ2) is 4.55. The van der Waals surface area contributed by atoms with Gasteiger partial charge in [0.1, 0.15) is 0 Å². The Morgan fingerprint density at radius 3 is 2.14 bits per heavy atom. The minimum atomic E-state index is -0.130.